The quantitative estimate of drug-likeness (QED) is 0.515. The molecule has 0 spiro atoms. The van der Waals surface area contributed by atoms with Crippen molar-refractivity contribution in [3.8, 4) is 0 Å². The molecule has 38 valence electrons. The van der Waals surface area contributed by atoms with E-state index in [1.165, 1.54) is 0 Å². The van der Waals surface area contributed by atoms with Crippen LogP contribution in [0, 0.1) is 6.92 Å². The van der Waals surface area contributed by atoms with Gasteiger partial charge in [0.25, 0.3) is 0 Å². The minimum absolute atomic E-state index is 0.597. The van der Waals surface area contributed by atoms with Crippen molar-refractivity contribution in [3.05, 3.63) is 11.8 Å². The van der Waals surface area contributed by atoms with E-state index in [2.05, 4.69) is 22.3 Å². The number of rotatable bonds is 0. The zero-order chi connectivity index (χ0) is 5.28. The smallest absolute Gasteiger partial charge is 0.192 e. The van der Waals surface area contributed by atoms with Crippen LogP contribution in [0.3, 0.4) is 0 Å². The Hall–Kier alpha value is -0.440. The van der Waals surface area contributed by atoms with Crippen molar-refractivity contribution >= 4 is 12.6 Å². The number of hydrogen-bond acceptors (Lipinski definition) is 3. The molecule has 0 saturated heterocycles. The van der Waals surface area contributed by atoms with Crippen molar-refractivity contribution < 1.29 is 4.52 Å². The van der Waals surface area contributed by atoms with Gasteiger partial charge in [0, 0.05) is 5.56 Å². The molecule has 0 aromatic carbocycles. The highest BCUT2D eigenvalue weighted by Gasteiger charge is 1.92. The first-order chi connectivity index (χ1) is 3.30. The molecule has 0 amide bonds. The average Bonchev–Trinajstić information content (AvgIpc) is 1.91. The number of aryl methyl sites for hydroxylation is 1. The summed E-state index contributed by atoms with van der Waals surface area (Å²) in [5.41, 5.74) is 0.975. The van der Waals surface area contributed by atoms with E-state index >= 15 is 0 Å². The molecule has 0 atom stereocenters. The molecule has 1 rings (SSSR count). The summed E-state index contributed by atoms with van der Waals surface area (Å²) in [6.07, 6.45) is 1.63. The molecule has 0 bridgehead atoms. The number of hydrogen-bond donors (Lipinski definition) is 1. The zero-order valence-electron chi connectivity index (χ0n) is 3.88. The Morgan fingerprint density at radius 3 is 2.71 bits per heavy atom. The maximum Gasteiger partial charge on any atom is 0.192 e. The van der Waals surface area contributed by atoms with Crippen LogP contribution >= 0.6 is 12.6 Å². The van der Waals surface area contributed by atoms with Gasteiger partial charge in [0.2, 0.25) is 0 Å². The highest BCUT2D eigenvalue weighted by atomic mass is 32.1. The lowest BCUT2D eigenvalue weighted by atomic mass is 10.4. The van der Waals surface area contributed by atoms with Crippen molar-refractivity contribution in [1.29, 1.82) is 0 Å². The summed E-state index contributed by atoms with van der Waals surface area (Å²) in [5, 5.41) is 4.07. The van der Waals surface area contributed by atoms with Crippen LogP contribution in [-0.2, 0) is 0 Å². The van der Waals surface area contributed by atoms with Crippen LogP contribution in [0.15, 0.2) is 15.8 Å². The molecule has 0 saturated carbocycles. The maximum absolute atomic E-state index is 4.58. The van der Waals surface area contributed by atoms with Gasteiger partial charge in [-0.2, -0.15) is 0 Å². The van der Waals surface area contributed by atoms with Gasteiger partial charge in [0.1, 0.15) is 0 Å². The Labute approximate surface area is 46.9 Å². The second-order valence-electron chi connectivity index (χ2n) is 1.31. The van der Waals surface area contributed by atoms with E-state index in [1.807, 2.05) is 6.92 Å². The molecule has 0 fully saturated rings. The number of thiol groups is 1. The lowest BCUT2D eigenvalue weighted by Gasteiger charge is -1.74. The monoisotopic (exact) mass is 115 g/mol. The Balaban J connectivity index is 3.12. The van der Waals surface area contributed by atoms with Crippen molar-refractivity contribution in [3.63, 3.8) is 0 Å². The molecular weight excluding hydrogens is 110 g/mol. The van der Waals surface area contributed by atoms with Crippen molar-refractivity contribution in [2.75, 3.05) is 0 Å². The van der Waals surface area contributed by atoms with E-state index in [9.17, 15) is 0 Å². The van der Waals surface area contributed by atoms with Crippen LogP contribution in [0.2, 0.25) is 0 Å². The summed E-state index contributed by atoms with van der Waals surface area (Å²) in [4.78, 5) is 0. The Kier molecular flexibility index (Phi) is 1.06. The summed E-state index contributed by atoms with van der Waals surface area (Å²) in [5.74, 6) is 0. The largest absolute Gasteiger partial charge is 0.350 e. The van der Waals surface area contributed by atoms with Crippen LogP contribution in [-0.4, -0.2) is 5.16 Å². The molecular formula is C4H5NOS. The summed E-state index contributed by atoms with van der Waals surface area (Å²) in [6, 6.07) is 0. The van der Waals surface area contributed by atoms with Crippen LogP contribution in [0.5, 0.6) is 0 Å². The fourth-order valence-corrected chi connectivity index (χ4v) is 0.387. The first kappa shape index (κ1) is 4.71. The molecule has 2 nitrogen and oxygen atoms in total. The van der Waals surface area contributed by atoms with Crippen molar-refractivity contribution in [2.45, 2.75) is 12.0 Å². The lowest BCUT2D eigenvalue weighted by molar-refractivity contribution is 0.349. The molecule has 0 aliphatic heterocycles. The first-order valence-electron chi connectivity index (χ1n) is 1.91. The topological polar surface area (TPSA) is 26.0 Å². The Morgan fingerprint density at radius 2 is 2.57 bits per heavy atom. The Bertz CT molecular complexity index is 144. The normalized spacial score (nSPS) is 9.43. The van der Waals surface area contributed by atoms with Gasteiger partial charge in [0.05, 0.1) is 6.20 Å². The first-order valence-corrected chi connectivity index (χ1v) is 2.35. The Morgan fingerprint density at radius 1 is 1.86 bits per heavy atom. The fraction of sp³-hybridized carbons (Fsp3) is 0.250. The van der Waals surface area contributed by atoms with Crippen LogP contribution < -0.4 is 0 Å². The molecule has 0 radical (unpaired) electrons. The molecule has 7 heavy (non-hydrogen) atoms. The van der Waals surface area contributed by atoms with Gasteiger partial charge in [-0.3, -0.25) is 0 Å². The summed E-state index contributed by atoms with van der Waals surface area (Å²) >= 11 is 3.92. The summed E-state index contributed by atoms with van der Waals surface area (Å²) in [7, 11) is 0. The predicted octanol–water partition coefficient (Wildman–Crippen LogP) is 1.27. The van der Waals surface area contributed by atoms with Crippen molar-refractivity contribution in [2.24, 2.45) is 0 Å². The van der Waals surface area contributed by atoms with E-state index in [-0.39, 0.29) is 0 Å². The maximum atomic E-state index is 4.58. The standard InChI is InChI=1S/C4H5NOS/c1-3-2-5-6-4(3)7/h2,7H,1H3. The van der Waals surface area contributed by atoms with Gasteiger partial charge in [-0.1, -0.05) is 5.16 Å². The van der Waals surface area contributed by atoms with Gasteiger partial charge in [-0.05, 0) is 6.92 Å². The summed E-state index contributed by atoms with van der Waals surface area (Å²) < 4.78 is 4.58. The highest BCUT2D eigenvalue weighted by Crippen LogP contribution is 2.08. The third-order valence-electron chi connectivity index (χ3n) is 0.723. The van der Waals surface area contributed by atoms with Crippen molar-refractivity contribution in [1.82, 2.24) is 5.16 Å². The molecule has 0 aliphatic carbocycles. The molecule has 1 heterocycles. The third kappa shape index (κ3) is 0.771. The van der Waals surface area contributed by atoms with Gasteiger partial charge in [0.15, 0.2) is 5.09 Å². The molecule has 1 aromatic heterocycles. The third-order valence-corrected chi connectivity index (χ3v) is 1.16. The zero-order valence-corrected chi connectivity index (χ0v) is 4.77. The second-order valence-corrected chi connectivity index (χ2v) is 1.72. The molecule has 0 aliphatic rings. The van der Waals surface area contributed by atoms with E-state index in [0.717, 1.165) is 5.56 Å². The predicted molar refractivity (Wildman–Crippen MR) is 28.5 cm³/mol. The van der Waals surface area contributed by atoms with Gasteiger partial charge < -0.3 is 4.52 Å². The van der Waals surface area contributed by atoms with Crippen LogP contribution in [0.25, 0.3) is 0 Å². The molecule has 0 unspecified atom stereocenters. The van der Waals surface area contributed by atoms with Crippen LogP contribution in [0.4, 0.5) is 0 Å². The van der Waals surface area contributed by atoms with Gasteiger partial charge in [-0.15, -0.1) is 12.6 Å². The minimum atomic E-state index is 0.597. The molecule has 3 heteroatoms. The SMILES string of the molecule is Cc1cnoc1S. The minimum Gasteiger partial charge on any atom is -0.350 e. The number of nitrogens with zero attached hydrogens (tertiary/aromatic N) is 1. The highest BCUT2D eigenvalue weighted by molar-refractivity contribution is 7.80. The van der Waals surface area contributed by atoms with E-state index < -0.39 is 0 Å². The van der Waals surface area contributed by atoms with Gasteiger partial charge in [-0.25, -0.2) is 0 Å². The fourth-order valence-electron chi connectivity index (χ4n) is 0.283. The second kappa shape index (κ2) is 1.58. The van der Waals surface area contributed by atoms with E-state index in [1.54, 1.807) is 6.20 Å². The van der Waals surface area contributed by atoms with Crippen LogP contribution in [0.1, 0.15) is 5.56 Å². The lowest BCUT2D eigenvalue weighted by Crippen LogP contribution is -1.57. The number of aromatic nitrogens is 1. The molecule has 1 aromatic rings. The summed E-state index contributed by atoms with van der Waals surface area (Å²) in [6.45, 7) is 1.89. The van der Waals surface area contributed by atoms with Gasteiger partial charge >= 0.3 is 0 Å². The molecule has 0 N–H and O–H groups in total. The van der Waals surface area contributed by atoms with E-state index in [0.29, 0.717) is 5.09 Å². The average molecular weight is 115 g/mol. The van der Waals surface area contributed by atoms with E-state index in [4.69, 9.17) is 0 Å².